The summed E-state index contributed by atoms with van der Waals surface area (Å²) >= 11 is 1.67. The average Bonchev–Trinajstić information content (AvgIpc) is 3.38. The van der Waals surface area contributed by atoms with Crippen molar-refractivity contribution in [3.63, 3.8) is 0 Å². The molecule has 1 fully saturated rings. The number of rotatable bonds is 5. The lowest BCUT2D eigenvalue weighted by atomic mass is 10.1. The summed E-state index contributed by atoms with van der Waals surface area (Å²) in [6, 6.07) is 14.3. The zero-order valence-corrected chi connectivity index (χ0v) is 14.9. The predicted octanol–water partition coefficient (Wildman–Crippen LogP) is 4.41. The summed E-state index contributed by atoms with van der Waals surface area (Å²) in [5.74, 6) is 1.49. The Morgan fingerprint density at radius 1 is 1.20 bits per heavy atom. The Balaban J connectivity index is 1.61. The van der Waals surface area contributed by atoms with Crippen LogP contribution in [-0.2, 0) is 17.8 Å². The van der Waals surface area contributed by atoms with E-state index in [1.807, 2.05) is 17.0 Å². The summed E-state index contributed by atoms with van der Waals surface area (Å²) in [7, 11) is 0. The summed E-state index contributed by atoms with van der Waals surface area (Å²) in [5.41, 5.74) is 3.66. The van der Waals surface area contributed by atoms with E-state index in [0.29, 0.717) is 12.3 Å². The van der Waals surface area contributed by atoms with Crippen molar-refractivity contribution in [2.45, 2.75) is 25.3 Å². The third-order valence-electron chi connectivity index (χ3n) is 4.53. The van der Waals surface area contributed by atoms with Crippen LogP contribution in [-0.4, -0.2) is 21.1 Å². The van der Waals surface area contributed by atoms with Gasteiger partial charge in [-0.05, 0) is 36.2 Å². The van der Waals surface area contributed by atoms with Crippen molar-refractivity contribution < 1.29 is 9.21 Å². The second-order valence-corrected chi connectivity index (χ2v) is 7.17. The number of hydrogen-bond acceptors (Lipinski definition) is 3. The van der Waals surface area contributed by atoms with Crippen LogP contribution in [0.2, 0.25) is 0 Å². The van der Waals surface area contributed by atoms with Crippen LogP contribution in [0.5, 0.6) is 0 Å². The van der Waals surface area contributed by atoms with Gasteiger partial charge in [0, 0.05) is 23.6 Å². The Kier molecular flexibility index (Phi) is 4.40. The van der Waals surface area contributed by atoms with Crippen LogP contribution < -0.4 is 0 Å². The first-order valence-corrected chi connectivity index (χ1v) is 9.50. The maximum Gasteiger partial charge on any atom is 0.234 e. The molecular weight excluding hydrogens is 332 g/mol. The summed E-state index contributed by atoms with van der Waals surface area (Å²) in [4.78, 5) is 14.2. The first-order valence-electron chi connectivity index (χ1n) is 8.46. The minimum Gasteiger partial charge on any atom is -0.467 e. The van der Waals surface area contributed by atoms with Gasteiger partial charge in [0.15, 0.2) is 0 Å². The highest BCUT2D eigenvalue weighted by Crippen LogP contribution is 2.40. The van der Waals surface area contributed by atoms with Crippen LogP contribution in [0, 0.1) is 0 Å². The Morgan fingerprint density at radius 3 is 2.88 bits per heavy atom. The molecule has 1 aliphatic rings. The molecule has 3 aromatic rings. The molecular formula is C20H20N2O2S. The predicted molar refractivity (Wildman–Crippen MR) is 99.6 cm³/mol. The summed E-state index contributed by atoms with van der Waals surface area (Å²) < 4.78 is 7.58. The van der Waals surface area contributed by atoms with Gasteiger partial charge in [-0.1, -0.05) is 25.1 Å². The number of aryl methyl sites for hydroxylation is 1. The molecule has 0 aliphatic carbocycles. The number of benzene rings is 1. The third-order valence-corrected chi connectivity index (χ3v) is 5.78. The summed E-state index contributed by atoms with van der Waals surface area (Å²) in [5, 5.41) is 0.0349. The van der Waals surface area contributed by atoms with Crippen LogP contribution in [0.25, 0.3) is 5.69 Å². The number of nitrogens with zero attached hydrogens (tertiary/aromatic N) is 2. The van der Waals surface area contributed by atoms with Gasteiger partial charge < -0.3 is 13.9 Å². The van der Waals surface area contributed by atoms with Gasteiger partial charge in [-0.3, -0.25) is 4.79 Å². The lowest BCUT2D eigenvalue weighted by molar-refractivity contribution is -0.128. The van der Waals surface area contributed by atoms with Crippen LogP contribution in [0.3, 0.4) is 0 Å². The highest BCUT2D eigenvalue weighted by Gasteiger charge is 2.33. The maximum atomic E-state index is 12.3. The van der Waals surface area contributed by atoms with Crippen LogP contribution in [0.15, 0.2) is 65.5 Å². The number of aromatic nitrogens is 1. The average molecular weight is 352 g/mol. The fraction of sp³-hybridized carbons (Fsp3) is 0.250. The normalized spacial score (nSPS) is 17.4. The third kappa shape index (κ3) is 3.12. The fourth-order valence-electron chi connectivity index (χ4n) is 3.24. The number of furan rings is 1. The zero-order valence-electron chi connectivity index (χ0n) is 14.1. The molecule has 4 nitrogen and oxygen atoms in total. The molecule has 1 saturated heterocycles. The molecule has 1 atom stereocenters. The fourth-order valence-corrected chi connectivity index (χ4v) is 4.41. The van der Waals surface area contributed by atoms with E-state index in [-0.39, 0.29) is 11.3 Å². The number of hydrogen-bond donors (Lipinski definition) is 0. The SMILES string of the molecule is CCc1ccccc1-n1ccc([C@@H]2SCC(=O)N2Cc2ccco2)c1. The second-order valence-electron chi connectivity index (χ2n) is 6.10. The van der Waals surface area contributed by atoms with Gasteiger partial charge in [0.1, 0.15) is 11.1 Å². The number of para-hydroxylation sites is 1. The monoisotopic (exact) mass is 352 g/mol. The van der Waals surface area contributed by atoms with Gasteiger partial charge in [0.05, 0.1) is 18.6 Å². The van der Waals surface area contributed by atoms with Gasteiger partial charge in [0.25, 0.3) is 0 Å². The summed E-state index contributed by atoms with van der Waals surface area (Å²) in [6.45, 7) is 2.68. The first-order chi connectivity index (χ1) is 12.3. The van der Waals surface area contributed by atoms with E-state index in [1.165, 1.54) is 11.3 Å². The molecule has 0 spiro atoms. The maximum absolute atomic E-state index is 12.3. The van der Waals surface area contributed by atoms with E-state index < -0.39 is 0 Å². The molecule has 1 aliphatic heterocycles. The highest BCUT2D eigenvalue weighted by atomic mass is 32.2. The second kappa shape index (κ2) is 6.84. The Morgan fingerprint density at radius 2 is 2.08 bits per heavy atom. The standard InChI is InChI=1S/C20H20N2O2S/c1-2-15-6-3-4-8-18(15)21-10-9-16(12-21)20-22(19(23)14-25-20)13-17-7-5-11-24-17/h3-12,20H,2,13-14H2,1H3/t20-/m0/s1. The van der Waals surface area contributed by atoms with Crippen molar-refractivity contribution in [1.29, 1.82) is 0 Å². The Labute approximate surface area is 151 Å². The van der Waals surface area contributed by atoms with Crippen molar-refractivity contribution >= 4 is 17.7 Å². The van der Waals surface area contributed by atoms with E-state index in [2.05, 4.69) is 54.2 Å². The van der Waals surface area contributed by atoms with Gasteiger partial charge in [-0.2, -0.15) is 0 Å². The highest BCUT2D eigenvalue weighted by molar-refractivity contribution is 8.00. The molecule has 0 unspecified atom stereocenters. The van der Waals surface area contributed by atoms with E-state index in [9.17, 15) is 4.79 Å². The molecule has 0 saturated carbocycles. The molecule has 25 heavy (non-hydrogen) atoms. The number of thioether (sulfide) groups is 1. The van der Waals surface area contributed by atoms with E-state index in [4.69, 9.17) is 4.42 Å². The molecule has 2 aromatic heterocycles. The minimum atomic E-state index is 0.0349. The van der Waals surface area contributed by atoms with E-state index in [1.54, 1.807) is 18.0 Å². The van der Waals surface area contributed by atoms with Crippen molar-refractivity contribution in [3.05, 3.63) is 78.0 Å². The Bertz CT molecular complexity index is 869. The molecule has 1 aromatic carbocycles. The van der Waals surface area contributed by atoms with Crippen LogP contribution in [0.1, 0.15) is 29.2 Å². The first kappa shape index (κ1) is 16.1. The Hall–Kier alpha value is -2.40. The molecule has 0 bridgehead atoms. The smallest absolute Gasteiger partial charge is 0.234 e. The topological polar surface area (TPSA) is 38.4 Å². The van der Waals surface area contributed by atoms with E-state index >= 15 is 0 Å². The number of amides is 1. The number of carbonyl (C=O) groups is 1. The minimum absolute atomic E-state index is 0.0349. The van der Waals surface area contributed by atoms with Crippen molar-refractivity contribution in [2.75, 3.05) is 5.75 Å². The summed E-state index contributed by atoms with van der Waals surface area (Å²) in [6.07, 6.45) is 6.86. The lowest BCUT2D eigenvalue weighted by Gasteiger charge is -2.22. The quantitative estimate of drug-likeness (QED) is 0.683. The van der Waals surface area contributed by atoms with Crippen molar-refractivity contribution in [2.24, 2.45) is 0 Å². The van der Waals surface area contributed by atoms with Gasteiger partial charge in [-0.15, -0.1) is 11.8 Å². The molecule has 0 radical (unpaired) electrons. The van der Waals surface area contributed by atoms with Crippen molar-refractivity contribution in [1.82, 2.24) is 9.47 Å². The molecule has 0 N–H and O–H groups in total. The van der Waals surface area contributed by atoms with Crippen LogP contribution in [0.4, 0.5) is 0 Å². The largest absolute Gasteiger partial charge is 0.467 e. The molecule has 128 valence electrons. The molecule has 3 heterocycles. The zero-order chi connectivity index (χ0) is 17.2. The van der Waals surface area contributed by atoms with Gasteiger partial charge in [-0.25, -0.2) is 0 Å². The lowest BCUT2D eigenvalue weighted by Crippen LogP contribution is -2.27. The molecule has 1 amide bonds. The van der Waals surface area contributed by atoms with Crippen molar-refractivity contribution in [3.8, 4) is 5.69 Å². The van der Waals surface area contributed by atoms with Gasteiger partial charge >= 0.3 is 0 Å². The van der Waals surface area contributed by atoms with Gasteiger partial charge in [0.2, 0.25) is 5.91 Å². The van der Waals surface area contributed by atoms with E-state index in [0.717, 1.165) is 17.7 Å². The number of carbonyl (C=O) groups excluding carboxylic acids is 1. The molecule has 4 rings (SSSR count). The molecule has 5 heteroatoms. The van der Waals surface area contributed by atoms with Crippen LogP contribution >= 0.6 is 11.8 Å².